The van der Waals surface area contributed by atoms with Gasteiger partial charge in [0.2, 0.25) is 0 Å². The molecule has 0 spiro atoms. The molecule has 2 atom stereocenters. The Balaban J connectivity index is 1.42. The van der Waals surface area contributed by atoms with Gasteiger partial charge in [-0.15, -0.1) is 0 Å². The maximum absolute atomic E-state index is 13.8. The molecule has 2 heterocycles. The van der Waals surface area contributed by atoms with Crippen LogP contribution in [0.5, 0.6) is 0 Å². The smallest absolute Gasteiger partial charge is 0.267 e. The first kappa shape index (κ1) is 23.1. The zero-order valence-electron chi connectivity index (χ0n) is 20.9. The number of benzene rings is 3. The predicted octanol–water partition coefficient (Wildman–Crippen LogP) is 8.00. The number of hydrogen-bond acceptors (Lipinski definition) is 3. The lowest BCUT2D eigenvalue weighted by molar-refractivity contribution is -0.124. The number of nitrogens with zero attached hydrogens (tertiary/aromatic N) is 3. The zero-order chi connectivity index (χ0) is 24.6. The second kappa shape index (κ2) is 9.62. The molecule has 0 unspecified atom stereocenters. The summed E-state index contributed by atoms with van der Waals surface area (Å²) >= 11 is 1.51. The number of thioether (sulfide) groups is 1. The molecule has 6 rings (SSSR count). The molecule has 0 N–H and O–H groups in total. The Morgan fingerprint density at radius 1 is 0.944 bits per heavy atom. The first-order chi connectivity index (χ1) is 17.6. The molecule has 1 aliphatic carbocycles. The van der Waals surface area contributed by atoms with Gasteiger partial charge in [0.15, 0.2) is 5.17 Å². The van der Waals surface area contributed by atoms with Crippen molar-refractivity contribution in [3.05, 3.63) is 83.3 Å². The Kier molecular flexibility index (Phi) is 6.18. The molecule has 1 saturated carbocycles. The minimum atomic E-state index is 0.0875. The third-order valence-corrected chi connectivity index (χ3v) is 8.61. The average molecular weight is 494 g/mol. The maximum atomic E-state index is 13.8. The molecule has 1 aliphatic heterocycles. The Morgan fingerprint density at radius 3 is 2.50 bits per heavy atom. The second-order valence-corrected chi connectivity index (χ2v) is 10.9. The fourth-order valence-electron chi connectivity index (χ4n) is 5.80. The molecule has 2 fully saturated rings. The van der Waals surface area contributed by atoms with Gasteiger partial charge in [0, 0.05) is 34.4 Å². The average Bonchev–Trinajstić information content (AvgIpc) is 3.38. The molecule has 0 radical (unpaired) electrons. The first-order valence-electron chi connectivity index (χ1n) is 13.0. The summed E-state index contributed by atoms with van der Waals surface area (Å²) in [5.74, 6) is 0.560. The molecule has 4 aromatic rings. The lowest BCUT2D eigenvalue weighted by Crippen LogP contribution is -2.44. The standard InChI is InChI=1S/C31H31N3OS/c1-3-33-27-16-10-8-14-24(27)25-19-22(17-18-28(25)33)20-29-30(35)34(26-15-9-7-11-21(26)2)31(36-29)32-23-12-5-4-6-13-23/h4-6,8,10,12-14,16-21,26H,3,7,9,11,15H2,1-2H3/b29-20-,32-31?/t21-,26-/m0/s1. The van der Waals surface area contributed by atoms with E-state index >= 15 is 0 Å². The Morgan fingerprint density at radius 2 is 1.69 bits per heavy atom. The van der Waals surface area contributed by atoms with Crippen LogP contribution >= 0.6 is 11.8 Å². The number of rotatable bonds is 4. The number of carbonyl (C=O) groups excluding carboxylic acids is 1. The zero-order valence-corrected chi connectivity index (χ0v) is 21.7. The van der Waals surface area contributed by atoms with E-state index in [1.165, 1.54) is 46.4 Å². The van der Waals surface area contributed by atoms with Gasteiger partial charge in [-0.3, -0.25) is 9.69 Å². The number of carbonyl (C=O) groups is 1. The van der Waals surface area contributed by atoms with E-state index in [-0.39, 0.29) is 11.9 Å². The molecule has 1 saturated heterocycles. The summed E-state index contributed by atoms with van der Waals surface area (Å²) < 4.78 is 2.36. The molecule has 182 valence electrons. The van der Waals surface area contributed by atoms with E-state index < -0.39 is 0 Å². The predicted molar refractivity (Wildman–Crippen MR) is 152 cm³/mol. The number of amidine groups is 1. The van der Waals surface area contributed by atoms with Crippen LogP contribution in [0.3, 0.4) is 0 Å². The van der Waals surface area contributed by atoms with Gasteiger partial charge < -0.3 is 4.57 Å². The van der Waals surface area contributed by atoms with Crippen molar-refractivity contribution in [3.63, 3.8) is 0 Å². The highest BCUT2D eigenvalue weighted by molar-refractivity contribution is 8.18. The van der Waals surface area contributed by atoms with E-state index in [4.69, 9.17) is 4.99 Å². The summed E-state index contributed by atoms with van der Waals surface area (Å²) in [6, 6.07) is 25.3. The van der Waals surface area contributed by atoms with Gasteiger partial charge in [-0.05, 0) is 79.4 Å². The van der Waals surface area contributed by atoms with Crippen LogP contribution in [0.2, 0.25) is 0 Å². The number of amides is 1. The van der Waals surface area contributed by atoms with Crippen molar-refractivity contribution in [2.24, 2.45) is 10.9 Å². The Labute approximate surface area is 216 Å². The molecule has 2 aliphatic rings. The molecule has 4 nitrogen and oxygen atoms in total. The van der Waals surface area contributed by atoms with Crippen LogP contribution in [-0.2, 0) is 11.3 Å². The van der Waals surface area contributed by atoms with E-state index in [0.29, 0.717) is 5.92 Å². The topological polar surface area (TPSA) is 37.6 Å². The normalized spacial score (nSPS) is 22.9. The third-order valence-electron chi connectivity index (χ3n) is 7.63. The fraction of sp³-hybridized carbons (Fsp3) is 0.290. The third kappa shape index (κ3) is 4.05. The minimum absolute atomic E-state index is 0.0875. The summed E-state index contributed by atoms with van der Waals surface area (Å²) in [4.78, 5) is 21.5. The van der Waals surface area contributed by atoms with Crippen molar-refractivity contribution in [2.75, 3.05) is 0 Å². The van der Waals surface area contributed by atoms with Crippen molar-refractivity contribution < 1.29 is 4.79 Å². The first-order valence-corrected chi connectivity index (χ1v) is 13.8. The highest BCUT2D eigenvalue weighted by atomic mass is 32.2. The number of aromatic nitrogens is 1. The van der Waals surface area contributed by atoms with Gasteiger partial charge in [-0.25, -0.2) is 4.99 Å². The number of aliphatic imine (C=N–C) groups is 1. The SMILES string of the molecule is CCn1c2ccccc2c2cc(/C=C3\SC(=Nc4ccccc4)N([C@H]4CCCC[C@@H]4C)C3=O)ccc21. The van der Waals surface area contributed by atoms with Gasteiger partial charge >= 0.3 is 0 Å². The quantitative estimate of drug-likeness (QED) is 0.270. The molecule has 0 bridgehead atoms. The summed E-state index contributed by atoms with van der Waals surface area (Å²) in [7, 11) is 0. The number of para-hydroxylation sites is 2. The summed E-state index contributed by atoms with van der Waals surface area (Å²) in [5.41, 5.74) is 4.42. The van der Waals surface area contributed by atoms with Gasteiger partial charge in [-0.1, -0.05) is 62.2 Å². The molecule has 5 heteroatoms. The van der Waals surface area contributed by atoms with E-state index in [1.807, 2.05) is 35.2 Å². The lowest BCUT2D eigenvalue weighted by atomic mass is 9.85. The molecule has 36 heavy (non-hydrogen) atoms. The highest BCUT2D eigenvalue weighted by Gasteiger charge is 2.41. The van der Waals surface area contributed by atoms with Crippen LogP contribution in [0.15, 0.2) is 82.7 Å². The number of hydrogen-bond donors (Lipinski definition) is 0. The van der Waals surface area contributed by atoms with Gasteiger partial charge in [0.25, 0.3) is 5.91 Å². The highest BCUT2D eigenvalue weighted by Crippen LogP contribution is 2.40. The van der Waals surface area contributed by atoms with Crippen molar-refractivity contribution >= 4 is 56.4 Å². The van der Waals surface area contributed by atoms with E-state index in [9.17, 15) is 4.79 Å². The maximum Gasteiger partial charge on any atom is 0.267 e. The van der Waals surface area contributed by atoms with Crippen LogP contribution in [0, 0.1) is 5.92 Å². The van der Waals surface area contributed by atoms with Crippen LogP contribution in [-0.4, -0.2) is 26.6 Å². The van der Waals surface area contributed by atoms with Crippen molar-refractivity contribution in [1.82, 2.24) is 9.47 Å². The van der Waals surface area contributed by atoms with Crippen molar-refractivity contribution in [2.45, 2.75) is 52.1 Å². The summed E-state index contributed by atoms with van der Waals surface area (Å²) in [6.07, 6.45) is 6.66. The van der Waals surface area contributed by atoms with E-state index in [2.05, 4.69) is 67.0 Å². The van der Waals surface area contributed by atoms with Crippen LogP contribution in [0.1, 0.15) is 45.1 Å². The number of aryl methyl sites for hydroxylation is 1. The molecular weight excluding hydrogens is 462 g/mol. The minimum Gasteiger partial charge on any atom is -0.341 e. The van der Waals surface area contributed by atoms with Gasteiger partial charge in [-0.2, -0.15) is 0 Å². The molecule has 3 aromatic carbocycles. The van der Waals surface area contributed by atoms with Crippen molar-refractivity contribution in [3.8, 4) is 0 Å². The molecular formula is C31H31N3OS. The monoisotopic (exact) mass is 493 g/mol. The summed E-state index contributed by atoms with van der Waals surface area (Å²) in [5, 5.41) is 3.29. The largest absolute Gasteiger partial charge is 0.341 e. The second-order valence-electron chi connectivity index (χ2n) is 9.88. The Bertz CT molecular complexity index is 1500. The number of fused-ring (bicyclic) bond motifs is 3. The molecule has 1 aromatic heterocycles. The fourth-order valence-corrected chi connectivity index (χ4v) is 6.85. The van der Waals surface area contributed by atoms with Crippen LogP contribution in [0.4, 0.5) is 5.69 Å². The summed E-state index contributed by atoms with van der Waals surface area (Å²) in [6.45, 7) is 5.39. The van der Waals surface area contributed by atoms with Gasteiger partial charge in [0.1, 0.15) is 0 Å². The van der Waals surface area contributed by atoms with Crippen molar-refractivity contribution in [1.29, 1.82) is 0 Å². The van der Waals surface area contributed by atoms with Crippen LogP contribution in [0.25, 0.3) is 27.9 Å². The van der Waals surface area contributed by atoms with E-state index in [0.717, 1.165) is 40.7 Å². The van der Waals surface area contributed by atoms with Gasteiger partial charge in [0.05, 0.1) is 10.6 Å². The lowest BCUT2D eigenvalue weighted by Gasteiger charge is -2.35. The van der Waals surface area contributed by atoms with Crippen LogP contribution < -0.4 is 0 Å². The Hall–Kier alpha value is -3.31. The van der Waals surface area contributed by atoms with E-state index in [1.54, 1.807) is 0 Å². The molecule has 1 amide bonds.